The first kappa shape index (κ1) is 14.4. The fourth-order valence-electron chi connectivity index (χ4n) is 1.06. The third kappa shape index (κ3) is 4.16. The summed E-state index contributed by atoms with van der Waals surface area (Å²) < 4.78 is 25.6. The number of nitrogens with zero attached hydrogens (tertiary/aromatic N) is 1. The lowest BCUT2D eigenvalue weighted by atomic mass is 10.1. The minimum Gasteiger partial charge on any atom is -0.395 e. The van der Waals surface area contributed by atoms with Crippen molar-refractivity contribution in [3.8, 4) is 6.07 Å². The summed E-state index contributed by atoms with van der Waals surface area (Å²) in [5, 5.41) is 16.6. The molecule has 2 atom stereocenters. The summed E-state index contributed by atoms with van der Waals surface area (Å²) >= 11 is 0. The molecular weight excluding hydrogens is 216 g/mol. The highest BCUT2D eigenvalue weighted by Gasteiger charge is 2.27. The topological polar surface area (TPSA) is 90.2 Å². The van der Waals surface area contributed by atoms with Crippen LogP contribution in [-0.2, 0) is 10.0 Å². The molecule has 1 unspecified atom stereocenters. The molecule has 5 nitrogen and oxygen atoms in total. The number of nitrogens with one attached hydrogen (secondary N) is 1. The molecule has 0 radical (unpaired) electrons. The van der Waals surface area contributed by atoms with Gasteiger partial charge in [-0.25, -0.2) is 13.1 Å². The zero-order valence-corrected chi connectivity index (χ0v) is 10.1. The van der Waals surface area contributed by atoms with Gasteiger partial charge in [-0.1, -0.05) is 20.8 Å². The predicted octanol–water partition coefficient (Wildman–Crippen LogP) is 0.225. The molecule has 0 aliphatic rings. The molecule has 0 aliphatic carbocycles. The van der Waals surface area contributed by atoms with Crippen LogP contribution in [-0.4, -0.2) is 31.4 Å². The highest BCUT2D eigenvalue weighted by atomic mass is 32.2. The molecule has 0 spiro atoms. The van der Waals surface area contributed by atoms with Crippen LogP contribution in [0.15, 0.2) is 0 Å². The maximum atomic E-state index is 11.6. The van der Waals surface area contributed by atoms with Crippen LogP contribution >= 0.6 is 0 Å². The molecule has 0 bridgehead atoms. The van der Waals surface area contributed by atoms with Gasteiger partial charge in [-0.3, -0.25) is 0 Å². The number of hydrogen-bond acceptors (Lipinski definition) is 4. The van der Waals surface area contributed by atoms with Crippen molar-refractivity contribution in [2.24, 2.45) is 5.92 Å². The summed E-state index contributed by atoms with van der Waals surface area (Å²) in [6.07, 6.45) is 0.238. The Kier molecular flexibility index (Phi) is 5.80. The van der Waals surface area contributed by atoms with Crippen molar-refractivity contribution in [3.05, 3.63) is 0 Å². The lowest BCUT2D eigenvalue weighted by Crippen LogP contribution is -2.44. The van der Waals surface area contributed by atoms with Crippen molar-refractivity contribution in [1.82, 2.24) is 4.72 Å². The summed E-state index contributed by atoms with van der Waals surface area (Å²) in [5.74, 6) is -0.0130. The van der Waals surface area contributed by atoms with Crippen LogP contribution in [0.5, 0.6) is 0 Å². The van der Waals surface area contributed by atoms with Crippen LogP contribution in [0.3, 0.4) is 0 Å². The number of aliphatic hydroxyl groups is 1. The molecule has 88 valence electrons. The van der Waals surface area contributed by atoms with E-state index in [1.165, 1.54) is 0 Å². The van der Waals surface area contributed by atoms with Gasteiger partial charge in [0, 0.05) is 6.04 Å². The van der Waals surface area contributed by atoms with E-state index in [9.17, 15) is 8.42 Å². The molecule has 0 fully saturated rings. The third-order valence-corrected chi connectivity index (χ3v) is 4.03. The van der Waals surface area contributed by atoms with E-state index in [1.807, 2.05) is 0 Å². The molecule has 0 rings (SSSR count). The van der Waals surface area contributed by atoms with Crippen molar-refractivity contribution < 1.29 is 13.5 Å². The fourth-order valence-corrected chi connectivity index (χ4v) is 2.57. The summed E-state index contributed by atoms with van der Waals surface area (Å²) in [5.41, 5.74) is 0. The predicted molar refractivity (Wildman–Crippen MR) is 57.5 cm³/mol. The standard InChI is InChI=1S/C9H18N2O3S/c1-4-8(5-10)15(13,14)11-9(6-12)7(2)3/h7-9,11-12H,4,6H2,1-3H3/t8?,9-/m1/s1. The molecule has 0 aliphatic heterocycles. The zero-order valence-electron chi connectivity index (χ0n) is 9.27. The van der Waals surface area contributed by atoms with Gasteiger partial charge in [0.1, 0.15) is 0 Å². The van der Waals surface area contributed by atoms with Gasteiger partial charge >= 0.3 is 0 Å². The van der Waals surface area contributed by atoms with Crippen molar-refractivity contribution in [2.75, 3.05) is 6.61 Å². The lowest BCUT2D eigenvalue weighted by Gasteiger charge is -2.21. The normalized spacial score (nSPS) is 16.0. The monoisotopic (exact) mass is 234 g/mol. The number of rotatable bonds is 6. The molecule has 15 heavy (non-hydrogen) atoms. The Morgan fingerprint density at radius 3 is 2.27 bits per heavy atom. The van der Waals surface area contributed by atoms with Gasteiger partial charge in [-0.2, -0.15) is 5.26 Å². The smallest absolute Gasteiger partial charge is 0.228 e. The maximum Gasteiger partial charge on any atom is 0.228 e. The largest absolute Gasteiger partial charge is 0.395 e. The fraction of sp³-hybridized carbons (Fsp3) is 0.889. The Bertz CT molecular complexity index is 319. The van der Waals surface area contributed by atoms with Gasteiger partial charge in [-0.05, 0) is 12.3 Å². The Morgan fingerprint density at radius 2 is 2.00 bits per heavy atom. The molecule has 0 heterocycles. The second-order valence-corrected chi connectivity index (χ2v) is 5.62. The van der Waals surface area contributed by atoms with Crippen LogP contribution in [0.2, 0.25) is 0 Å². The Balaban J connectivity index is 4.70. The van der Waals surface area contributed by atoms with Crippen molar-refractivity contribution >= 4 is 10.0 Å². The molecule has 0 saturated carbocycles. The highest BCUT2D eigenvalue weighted by Crippen LogP contribution is 2.08. The third-order valence-electron chi connectivity index (χ3n) is 2.21. The average Bonchev–Trinajstić information content (AvgIpc) is 2.15. The van der Waals surface area contributed by atoms with Gasteiger partial charge in [-0.15, -0.1) is 0 Å². The first-order valence-corrected chi connectivity index (χ1v) is 6.45. The number of sulfonamides is 1. The molecule has 0 aromatic heterocycles. The summed E-state index contributed by atoms with van der Waals surface area (Å²) in [7, 11) is -3.65. The maximum absolute atomic E-state index is 11.6. The lowest BCUT2D eigenvalue weighted by molar-refractivity contribution is 0.227. The van der Waals surface area contributed by atoms with E-state index in [2.05, 4.69) is 4.72 Å². The van der Waals surface area contributed by atoms with Crippen molar-refractivity contribution in [3.63, 3.8) is 0 Å². The van der Waals surface area contributed by atoms with E-state index >= 15 is 0 Å². The van der Waals surface area contributed by atoms with Crippen LogP contribution in [0.25, 0.3) is 0 Å². The Labute approximate surface area is 91.2 Å². The number of nitriles is 1. The first-order chi connectivity index (χ1) is 6.88. The van der Waals surface area contributed by atoms with Crippen molar-refractivity contribution in [2.45, 2.75) is 38.5 Å². The second-order valence-electron chi connectivity index (χ2n) is 3.72. The Morgan fingerprint density at radius 1 is 1.47 bits per heavy atom. The van der Waals surface area contributed by atoms with Gasteiger partial charge in [0.2, 0.25) is 10.0 Å². The van der Waals surface area contributed by atoms with Crippen LogP contribution in [0.1, 0.15) is 27.2 Å². The van der Waals surface area contributed by atoms with E-state index in [4.69, 9.17) is 10.4 Å². The van der Waals surface area contributed by atoms with E-state index in [0.717, 1.165) is 0 Å². The van der Waals surface area contributed by atoms with Gasteiger partial charge in [0.05, 0.1) is 12.7 Å². The van der Waals surface area contributed by atoms with Crippen LogP contribution in [0.4, 0.5) is 0 Å². The highest BCUT2D eigenvalue weighted by molar-refractivity contribution is 7.90. The van der Waals surface area contributed by atoms with E-state index in [1.54, 1.807) is 26.8 Å². The quantitative estimate of drug-likeness (QED) is 0.688. The average molecular weight is 234 g/mol. The minimum absolute atomic E-state index is 0.0130. The molecular formula is C9H18N2O3S. The van der Waals surface area contributed by atoms with E-state index < -0.39 is 21.3 Å². The second kappa shape index (κ2) is 6.05. The first-order valence-electron chi connectivity index (χ1n) is 4.90. The number of aliphatic hydroxyl groups excluding tert-OH is 1. The molecule has 0 aromatic rings. The van der Waals surface area contributed by atoms with Crippen LogP contribution < -0.4 is 4.72 Å². The molecule has 2 N–H and O–H groups in total. The molecule has 0 amide bonds. The van der Waals surface area contributed by atoms with Gasteiger partial charge < -0.3 is 5.11 Å². The SMILES string of the molecule is CCC(C#N)S(=O)(=O)N[C@H](CO)C(C)C. The van der Waals surface area contributed by atoms with Crippen molar-refractivity contribution in [1.29, 1.82) is 5.26 Å². The van der Waals surface area contributed by atoms with Crippen LogP contribution in [0, 0.1) is 17.2 Å². The molecule has 0 saturated heterocycles. The Hall–Kier alpha value is -0.640. The zero-order chi connectivity index (χ0) is 12.1. The summed E-state index contributed by atoms with van der Waals surface area (Å²) in [4.78, 5) is 0. The minimum atomic E-state index is -3.65. The molecule has 6 heteroatoms. The number of hydrogen-bond donors (Lipinski definition) is 2. The summed E-state index contributed by atoms with van der Waals surface area (Å²) in [6, 6.07) is 1.20. The van der Waals surface area contributed by atoms with Gasteiger partial charge in [0.25, 0.3) is 0 Å². The van der Waals surface area contributed by atoms with Gasteiger partial charge in [0.15, 0.2) is 5.25 Å². The summed E-state index contributed by atoms with van der Waals surface area (Å²) in [6.45, 7) is 4.97. The van der Waals surface area contributed by atoms with E-state index in [-0.39, 0.29) is 18.9 Å². The molecule has 0 aromatic carbocycles. The van der Waals surface area contributed by atoms with E-state index in [0.29, 0.717) is 0 Å².